The van der Waals surface area contributed by atoms with Crippen LogP contribution in [0.2, 0.25) is 0 Å². The summed E-state index contributed by atoms with van der Waals surface area (Å²) >= 11 is 1.39. The lowest BCUT2D eigenvalue weighted by atomic mass is 10.0. The number of nitrogens with zero attached hydrogens (tertiary/aromatic N) is 1. The van der Waals surface area contributed by atoms with Crippen LogP contribution in [0.15, 0.2) is 41.8 Å². The molecule has 1 aromatic carbocycles. The van der Waals surface area contributed by atoms with Crippen molar-refractivity contribution in [2.24, 2.45) is 5.73 Å². The maximum absolute atomic E-state index is 12.0. The molecule has 0 aliphatic rings. The molecule has 2 N–H and O–H groups in total. The molecule has 7 heteroatoms. The fourth-order valence-corrected chi connectivity index (χ4v) is 2.48. The van der Waals surface area contributed by atoms with Gasteiger partial charge in [-0.3, -0.25) is 10.1 Å². The third kappa shape index (κ3) is 3.09. The predicted octanol–water partition coefficient (Wildman–Crippen LogP) is 2.66. The smallest absolute Gasteiger partial charge is 0.340 e. The van der Waals surface area contributed by atoms with E-state index in [1.54, 1.807) is 6.07 Å². The Balaban J connectivity index is 2.53. The van der Waals surface area contributed by atoms with E-state index in [4.69, 9.17) is 10.5 Å². The first-order valence-electron chi connectivity index (χ1n) is 5.91. The summed E-state index contributed by atoms with van der Waals surface area (Å²) in [6, 6.07) is 9.20. The Morgan fingerprint density at radius 2 is 1.95 bits per heavy atom. The van der Waals surface area contributed by atoms with Crippen molar-refractivity contribution in [3.8, 4) is 0 Å². The van der Waals surface area contributed by atoms with E-state index in [1.165, 1.54) is 42.7 Å². The lowest BCUT2D eigenvalue weighted by Crippen LogP contribution is -2.10. The first kappa shape index (κ1) is 14.7. The van der Waals surface area contributed by atoms with Crippen LogP contribution in [0.1, 0.15) is 10.4 Å². The number of rotatable bonds is 4. The van der Waals surface area contributed by atoms with Gasteiger partial charge in [0.1, 0.15) is 0 Å². The molecule has 6 nitrogen and oxygen atoms in total. The van der Waals surface area contributed by atoms with E-state index in [2.05, 4.69) is 0 Å². The molecule has 21 heavy (non-hydrogen) atoms. The van der Waals surface area contributed by atoms with E-state index >= 15 is 0 Å². The van der Waals surface area contributed by atoms with Crippen LogP contribution >= 0.6 is 11.3 Å². The predicted molar refractivity (Wildman–Crippen MR) is 80.4 cm³/mol. The molecule has 0 saturated carbocycles. The zero-order chi connectivity index (χ0) is 15.4. The summed E-state index contributed by atoms with van der Waals surface area (Å²) < 4.78 is 4.76. The topological polar surface area (TPSA) is 95.5 Å². The third-order valence-electron chi connectivity index (χ3n) is 2.81. The number of methoxy groups -OCH3 is 1. The monoisotopic (exact) mass is 304 g/mol. The van der Waals surface area contributed by atoms with E-state index in [0.717, 1.165) is 4.88 Å². The maximum Gasteiger partial charge on any atom is 0.340 e. The van der Waals surface area contributed by atoms with Gasteiger partial charge in [0.05, 0.1) is 28.2 Å². The number of hydrogen-bond acceptors (Lipinski definition) is 6. The summed E-state index contributed by atoms with van der Waals surface area (Å²) in [4.78, 5) is 22.9. The molecule has 0 radical (unpaired) electrons. The van der Waals surface area contributed by atoms with Gasteiger partial charge in [0.15, 0.2) is 0 Å². The molecule has 1 aromatic heterocycles. The van der Waals surface area contributed by atoms with Crippen molar-refractivity contribution in [2.45, 2.75) is 0 Å². The van der Waals surface area contributed by atoms with Gasteiger partial charge in [-0.25, -0.2) is 4.79 Å². The molecular weight excluding hydrogens is 292 g/mol. The van der Waals surface area contributed by atoms with E-state index in [-0.39, 0.29) is 17.0 Å². The van der Waals surface area contributed by atoms with Crippen LogP contribution < -0.4 is 5.73 Å². The van der Waals surface area contributed by atoms with Crippen LogP contribution in [0.25, 0.3) is 11.3 Å². The molecule has 0 atom stereocenters. The summed E-state index contributed by atoms with van der Waals surface area (Å²) in [6.07, 6.45) is 0. The molecule has 0 saturated heterocycles. The van der Waals surface area contributed by atoms with Crippen molar-refractivity contribution in [1.82, 2.24) is 0 Å². The van der Waals surface area contributed by atoms with Crippen molar-refractivity contribution in [3.63, 3.8) is 0 Å². The standard InChI is InChI=1S/C14H12N2O4S/c1-20-14(17)12(13(15)11-3-2-8-21-11)9-4-6-10(7-5-9)16(18)19/h2-8H,15H2,1H3/b13-12-. The average Bonchev–Trinajstić information content (AvgIpc) is 3.02. The number of non-ortho nitro benzene ring substituents is 1. The highest BCUT2D eigenvalue weighted by Crippen LogP contribution is 2.27. The summed E-state index contributed by atoms with van der Waals surface area (Å²) in [5.74, 6) is -0.588. The lowest BCUT2D eigenvalue weighted by molar-refractivity contribution is -0.384. The third-order valence-corrected chi connectivity index (χ3v) is 3.72. The first-order valence-corrected chi connectivity index (χ1v) is 6.79. The highest BCUT2D eigenvalue weighted by atomic mass is 32.1. The van der Waals surface area contributed by atoms with Gasteiger partial charge in [-0.15, -0.1) is 11.3 Å². The molecule has 0 aliphatic heterocycles. The number of ether oxygens (including phenoxy) is 1. The molecule has 0 amide bonds. The Kier molecular flexibility index (Phi) is 4.34. The Hall–Kier alpha value is -2.67. The molecule has 0 fully saturated rings. The Morgan fingerprint density at radius 3 is 2.43 bits per heavy atom. The number of carbonyl (C=O) groups excluding carboxylic acids is 1. The molecule has 2 aromatic rings. The summed E-state index contributed by atoms with van der Waals surface area (Å²) in [5.41, 5.74) is 6.93. The largest absolute Gasteiger partial charge is 0.465 e. The Morgan fingerprint density at radius 1 is 1.29 bits per heavy atom. The van der Waals surface area contributed by atoms with Crippen LogP contribution in [0.4, 0.5) is 5.69 Å². The number of esters is 1. The van der Waals surface area contributed by atoms with Gasteiger partial charge in [-0.2, -0.15) is 0 Å². The summed E-state index contributed by atoms with van der Waals surface area (Å²) in [6.45, 7) is 0. The number of nitro groups is 1. The molecule has 108 valence electrons. The van der Waals surface area contributed by atoms with Crippen LogP contribution in [-0.2, 0) is 9.53 Å². The van der Waals surface area contributed by atoms with Gasteiger partial charge >= 0.3 is 5.97 Å². The number of nitrogens with two attached hydrogens (primary N) is 1. The molecule has 0 unspecified atom stereocenters. The maximum atomic E-state index is 12.0. The minimum absolute atomic E-state index is 0.0577. The number of thiophene rings is 1. The van der Waals surface area contributed by atoms with Gasteiger partial charge in [0, 0.05) is 12.1 Å². The fourth-order valence-electron chi connectivity index (χ4n) is 1.79. The number of carbonyl (C=O) groups is 1. The highest BCUT2D eigenvalue weighted by molar-refractivity contribution is 7.11. The van der Waals surface area contributed by atoms with E-state index in [9.17, 15) is 14.9 Å². The number of nitro benzene ring substituents is 1. The van der Waals surface area contributed by atoms with Crippen molar-refractivity contribution >= 4 is 34.3 Å². The number of benzene rings is 1. The van der Waals surface area contributed by atoms with Crippen LogP contribution in [-0.4, -0.2) is 18.0 Å². The second-order valence-corrected chi connectivity index (χ2v) is 5.01. The lowest BCUT2D eigenvalue weighted by Gasteiger charge is -2.09. The van der Waals surface area contributed by atoms with Crippen LogP contribution in [0.5, 0.6) is 0 Å². The van der Waals surface area contributed by atoms with E-state index in [1.807, 2.05) is 11.4 Å². The Bertz CT molecular complexity index is 690. The normalized spacial score (nSPS) is 11.7. The average molecular weight is 304 g/mol. The molecule has 1 heterocycles. The van der Waals surface area contributed by atoms with Gasteiger partial charge in [-0.05, 0) is 29.1 Å². The first-order chi connectivity index (χ1) is 10.0. The minimum Gasteiger partial charge on any atom is -0.465 e. The van der Waals surface area contributed by atoms with Crippen LogP contribution in [0, 0.1) is 10.1 Å². The fraction of sp³-hybridized carbons (Fsp3) is 0.0714. The highest BCUT2D eigenvalue weighted by Gasteiger charge is 2.19. The SMILES string of the molecule is COC(=O)/C(=C(\N)c1cccs1)c1ccc([N+](=O)[O-])cc1. The zero-order valence-electron chi connectivity index (χ0n) is 11.1. The number of hydrogen-bond donors (Lipinski definition) is 1. The van der Waals surface area contributed by atoms with Crippen LogP contribution in [0.3, 0.4) is 0 Å². The molecular formula is C14H12N2O4S. The van der Waals surface area contributed by atoms with Crippen molar-refractivity contribution < 1.29 is 14.5 Å². The second kappa shape index (κ2) is 6.19. The minimum atomic E-state index is -0.588. The summed E-state index contributed by atoms with van der Waals surface area (Å²) in [5, 5.41) is 12.5. The molecule has 0 aliphatic carbocycles. The van der Waals surface area contributed by atoms with Crippen molar-refractivity contribution in [2.75, 3.05) is 7.11 Å². The quantitative estimate of drug-likeness (QED) is 0.405. The van der Waals surface area contributed by atoms with Crippen molar-refractivity contribution in [1.29, 1.82) is 0 Å². The Labute approximate surface area is 124 Å². The van der Waals surface area contributed by atoms with E-state index < -0.39 is 10.9 Å². The van der Waals surface area contributed by atoms with Gasteiger partial charge in [0.2, 0.25) is 0 Å². The van der Waals surface area contributed by atoms with Gasteiger partial charge < -0.3 is 10.5 Å². The molecule has 2 rings (SSSR count). The van der Waals surface area contributed by atoms with Gasteiger partial charge in [-0.1, -0.05) is 6.07 Å². The molecule has 0 bridgehead atoms. The zero-order valence-corrected chi connectivity index (χ0v) is 11.9. The second-order valence-electron chi connectivity index (χ2n) is 4.06. The van der Waals surface area contributed by atoms with Gasteiger partial charge in [0.25, 0.3) is 5.69 Å². The summed E-state index contributed by atoms with van der Waals surface area (Å²) in [7, 11) is 1.26. The van der Waals surface area contributed by atoms with E-state index in [0.29, 0.717) is 5.56 Å². The van der Waals surface area contributed by atoms with Crippen molar-refractivity contribution in [3.05, 3.63) is 62.3 Å². The molecule has 0 spiro atoms.